The van der Waals surface area contributed by atoms with Crippen molar-refractivity contribution < 1.29 is 29.1 Å². The molecule has 68 valence electrons. The Balaban J connectivity index is -0.0000000389. The first kappa shape index (κ1) is 23.2. The van der Waals surface area contributed by atoms with Crippen molar-refractivity contribution in [3.63, 3.8) is 0 Å². The molecule has 0 bridgehead atoms. The van der Waals surface area contributed by atoms with Crippen LogP contribution < -0.4 is 29.1 Å². The van der Waals surface area contributed by atoms with Gasteiger partial charge in [-0.25, -0.2) is 0 Å². The third kappa shape index (κ3) is 864. The summed E-state index contributed by atoms with van der Waals surface area (Å²) in [6.45, 7) is 6.44. The molecule has 0 amide bonds. The molecule has 4 heteroatoms. The molecule has 0 aliphatic rings. The van der Waals surface area contributed by atoms with Gasteiger partial charge in [-0.3, -0.25) is 0 Å². The minimum Gasteiger partial charge on any atom is 1.00 e. The minimum absolute atomic E-state index is 0. The predicted molar refractivity (Wildman–Crippen MR) is 47.8 cm³/mol. The van der Waals surface area contributed by atoms with Crippen LogP contribution in [-0.4, -0.2) is 29.6 Å². The molecule has 0 saturated carbocycles. The van der Waals surface area contributed by atoms with E-state index in [0.29, 0.717) is 17.4 Å². The summed E-state index contributed by atoms with van der Waals surface area (Å²) in [6.07, 6.45) is -0.833. The van der Waals surface area contributed by atoms with Crippen molar-refractivity contribution >= 4 is 17.4 Å². The Morgan fingerprint density at radius 1 is 0.833 bits per heavy atom. The van der Waals surface area contributed by atoms with E-state index in [1.54, 1.807) is 27.7 Å². The van der Waals surface area contributed by atoms with Crippen LogP contribution in [0.25, 0.3) is 0 Å². The zero-order valence-corrected chi connectivity index (χ0v) is 12.0. The van der Waals surface area contributed by atoms with E-state index in [-0.39, 0.29) is 18.9 Å². The Bertz CT molecular complexity index is 40.8. The van der Waals surface area contributed by atoms with Crippen molar-refractivity contribution in [3.8, 4) is 0 Å². The van der Waals surface area contributed by atoms with Crippen LogP contribution in [0.3, 0.4) is 0 Å². The van der Waals surface area contributed by atoms with E-state index in [2.05, 4.69) is 11.0 Å². The van der Waals surface area contributed by atoms with E-state index in [0.717, 1.165) is 0 Å². The summed E-state index contributed by atoms with van der Waals surface area (Å²) in [7, 11) is 0. The van der Waals surface area contributed by atoms with Gasteiger partial charge in [-0.2, -0.15) is 0 Å². The smallest absolute Gasteiger partial charge is 1.00 e. The molecule has 0 rings (SSSR count). The third-order valence-electron chi connectivity index (χ3n) is 0. The number of hydrogen-bond acceptors (Lipinski definition) is 2. The van der Waals surface area contributed by atoms with E-state index in [1.807, 2.05) is 0 Å². The van der Waals surface area contributed by atoms with Gasteiger partial charge in [0.05, 0.1) is 0 Å². The second-order valence-corrected chi connectivity index (χ2v) is 5.10. The van der Waals surface area contributed by atoms with Crippen LogP contribution in [0, 0.1) is 0 Å². The molecular weight excluding hydrogens is 205 g/mol. The van der Waals surface area contributed by atoms with Gasteiger partial charge in [0.1, 0.15) is 0 Å². The zero-order valence-electron chi connectivity index (χ0n) is 9.55. The fourth-order valence-electron chi connectivity index (χ4n) is 0. The summed E-state index contributed by atoms with van der Waals surface area (Å²) in [4.78, 5) is 0. The van der Waals surface area contributed by atoms with Crippen molar-refractivity contribution in [2.75, 3.05) is 0 Å². The zero-order chi connectivity index (χ0) is 9.86. The van der Waals surface area contributed by atoms with Gasteiger partial charge < -0.3 is 10.2 Å². The van der Waals surface area contributed by atoms with Crippen LogP contribution >= 0.6 is 0 Å². The number of hydrogen-bond donors (Lipinski definition) is 0. The Hall–Kier alpha value is 1.15. The summed E-state index contributed by atoms with van der Waals surface area (Å²) < 4.78 is 0. The topological polar surface area (TPSA) is 46.1 Å². The summed E-state index contributed by atoms with van der Waals surface area (Å²) in [5, 5.41) is 19.1. The van der Waals surface area contributed by atoms with Gasteiger partial charge in [-0.15, -0.1) is 12.2 Å². The fraction of sp³-hybridized carbons (Fsp3) is 1.00. The molecule has 2 nitrogen and oxygen atoms in total. The van der Waals surface area contributed by atoms with E-state index in [1.165, 1.54) is 0 Å². The molecule has 0 atom stereocenters. The molecule has 0 heterocycles. The first-order chi connectivity index (χ1) is 4.88. The maximum atomic E-state index is 9.53. The molecule has 0 radical (unpaired) electrons. The van der Waals surface area contributed by atoms with Gasteiger partial charge >= 0.3 is 47.2 Å². The van der Waals surface area contributed by atoms with E-state index in [9.17, 15) is 10.2 Å². The van der Waals surface area contributed by atoms with E-state index < -0.39 is 12.2 Å². The SMILES string of the molecule is CC(C)[O-].CC(C)[O-].[CH3][Ga+][CH3].[Li+]. The van der Waals surface area contributed by atoms with Crippen molar-refractivity contribution in [1.82, 2.24) is 0 Å². The van der Waals surface area contributed by atoms with Crippen LogP contribution in [0.2, 0.25) is 11.0 Å². The largest absolute Gasteiger partial charge is 1.00 e. The minimum atomic E-state index is -0.417. The van der Waals surface area contributed by atoms with Crippen LogP contribution in [0.4, 0.5) is 0 Å². The molecule has 0 aliphatic carbocycles. The van der Waals surface area contributed by atoms with Crippen molar-refractivity contribution in [2.45, 2.75) is 50.9 Å². The molecule has 0 N–H and O–H groups in total. The fourth-order valence-corrected chi connectivity index (χ4v) is 0. The molecule has 0 unspecified atom stereocenters. The van der Waals surface area contributed by atoms with Gasteiger partial charge in [0.25, 0.3) is 0 Å². The van der Waals surface area contributed by atoms with Crippen LogP contribution in [-0.2, 0) is 0 Å². The van der Waals surface area contributed by atoms with Crippen LogP contribution in [0.1, 0.15) is 27.7 Å². The normalized spacial score (nSPS) is 6.83. The van der Waals surface area contributed by atoms with Gasteiger partial charge in [0.15, 0.2) is 0 Å². The number of rotatable bonds is 0. The molecule has 0 aliphatic heterocycles. The Labute approximate surface area is 97.1 Å². The maximum Gasteiger partial charge on any atom is 1.00 e. The Morgan fingerprint density at radius 2 is 0.833 bits per heavy atom. The Morgan fingerprint density at radius 3 is 0.833 bits per heavy atom. The first-order valence-corrected chi connectivity index (χ1v) is 8.78. The average Bonchev–Trinajstić information content (AvgIpc) is 1.60. The summed E-state index contributed by atoms with van der Waals surface area (Å²) in [5.41, 5.74) is 4.56. The standard InChI is InChI=1S/2C3H7O.2CH3.Ga.Li/c2*1-3(2)4;;;;/h2*3H,1-2H3;2*1H3;;/q2*-1;;;2*+1. The molecule has 0 aromatic carbocycles. The second-order valence-electron chi connectivity index (χ2n) is 2.67. The maximum absolute atomic E-state index is 9.53. The molecule has 0 aromatic rings. The van der Waals surface area contributed by atoms with Crippen molar-refractivity contribution in [2.24, 2.45) is 0 Å². The monoisotopic (exact) mass is 224 g/mol. The molecule has 0 aromatic heterocycles. The van der Waals surface area contributed by atoms with Crippen LogP contribution in [0.5, 0.6) is 0 Å². The third-order valence-corrected chi connectivity index (χ3v) is 0. The predicted octanol–water partition coefficient (Wildman–Crippen LogP) is -2.70. The summed E-state index contributed by atoms with van der Waals surface area (Å²) in [5.74, 6) is 0. The van der Waals surface area contributed by atoms with Gasteiger partial charge in [-0.05, 0) is 0 Å². The van der Waals surface area contributed by atoms with Gasteiger partial charge in [-0.1, -0.05) is 27.7 Å². The van der Waals surface area contributed by atoms with E-state index in [4.69, 9.17) is 0 Å². The first-order valence-electron chi connectivity index (χ1n) is 3.94. The van der Waals surface area contributed by atoms with Crippen LogP contribution in [0.15, 0.2) is 0 Å². The van der Waals surface area contributed by atoms with E-state index >= 15 is 0 Å². The summed E-state index contributed by atoms with van der Waals surface area (Å²) in [6, 6.07) is 0. The molecule has 0 saturated heterocycles. The molecule has 12 heavy (non-hydrogen) atoms. The average molecular weight is 225 g/mol. The Kier molecular flexibility index (Phi) is 43.9. The van der Waals surface area contributed by atoms with Gasteiger partial charge in [0.2, 0.25) is 0 Å². The van der Waals surface area contributed by atoms with Gasteiger partial charge in [0, 0.05) is 0 Å². The van der Waals surface area contributed by atoms with Crippen molar-refractivity contribution in [3.05, 3.63) is 0 Å². The quantitative estimate of drug-likeness (QED) is 0.421. The molecule has 0 fully saturated rings. The molecular formula is C8H20GaLiO2. The molecule has 0 spiro atoms. The second kappa shape index (κ2) is 22.7. The summed E-state index contributed by atoms with van der Waals surface area (Å²) >= 11 is 0.312. The van der Waals surface area contributed by atoms with Crippen molar-refractivity contribution in [1.29, 1.82) is 0 Å².